The Balaban J connectivity index is 1.34. The van der Waals surface area contributed by atoms with Crippen LogP contribution in [0.25, 0.3) is 11.1 Å². The Hall–Kier alpha value is -3.39. The number of amides is 2. The molecule has 8 nitrogen and oxygen atoms in total. The summed E-state index contributed by atoms with van der Waals surface area (Å²) >= 11 is 0. The first-order valence-corrected chi connectivity index (χ1v) is 11.6. The minimum Gasteiger partial charge on any atom is -0.481 e. The predicted octanol–water partition coefficient (Wildman–Crippen LogP) is 3.25. The van der Waals surface area contributed by atoms with E-state index in [-0.39, 0.29) is 12.5 Å². The van der Waals surface area contributed by atoms with Gasteiger partial charge in [0.1, 0.15) is 12.6 Å². The number of carboxylic acid groups (broad SMARTS) is 1. The number of likely N-dealkylation sites (N-methyl/N-ethyl adjacent to an activating group) is 1. The van der Waals surface area contributed by atoms with E-state index < -0.39 is 30.4 Å². The fourth-order valence-electron chi connectivity index (χ4n) is 4.27. The lowest BCUT2D eigenvalue weighted by Crippen LogP contribution is -2.49. The molecule has 0 heterocycles. The molecule has 2 aromatic rings. The van der Waals surface area contributed by atoms with E-state index in [1.165, 1.54) is 17.7 Å². The summed E-state index contributed by atoms with van der Waals surface area (Å²) < 4.78 is 11.0. The molecular weight excluding hydrogens is 436 g/mol. The molecule has 0 bridgehead atoms. The average molecular weight is 467 g/mol. The molecule has 0 aromatic heterocycles. The normalized spacial score (nSPS) is 15.2. The van der Waals surface area contributed by atoms with Gasteiger partial charge in [0.2, 0.25) is 5.91 Å². The molecule has 1 unspecified atom stereocenters. The number of aliphatic carboxylic acids is 1. The van der Waals surface area contributed by atoms with Crippen LogP contribution >= 0.6 is 0 Å². The van der Waals surface area contributed by atoms with Crippen molar-refractivity contribution in [2.45, 2.75) is 31.2 Å². The molecule has 8 heteroatoms. The van der Waals surface area contributed by atoms with Gasteiger partial charge in [0.15, 0.2) is 0 Å². The van der Waals surface area contributed by atoms with Crippen molar-refractivity contribution in [1.82, 2.24) is 10.2 Å². The van der Waals surface area contributed by atoms with Crippen molar-refractivity contribution in [1.29, 1.82) is 0 Å². The highest BCUT2D eigenvalue weighted by atomic mass is 16.5. The number of carbonyl (C=O) groups excluding carboxylic acids is 2. The van der Waals surface area contributed by atoms with Gasteiger partial charge in [-0.15, -0.1) is 0 Å². The Labute approximate surface area is 198 Å². The summed E-state index contributed by atoms with van der Waals surface area (Å²) in [7, 11) is 1.57. The van der Waals surface area contributed by atoms with Crippen molar-refractivity contribution < 1.29 is 29.0 Å². The monoisotopic (exact) mass is 466 g/mol. The summed E-state index contributed by atoms with van der Waals surface area (Å²) in [6.45, 7) is 1.44. The minimum atomic E-state index is -1.22. The summed E-state index contributed by atoms with van der Waals surface area (Å²) in [5.41, 5.74) is 4.36. The van der Waals surface area contributed by atoms with E-state index in [4.69, 9.17) is 9.47 Å². The summed E-state index contributed by atoms with van der Waals surface area (Å²) in [4.78, 5) is 38.0. The fraction of sp³-hybridized carbons (Fsp3) is 0.423. The maximum atomic E-state index is 12.8. The summed E-state index contributed by atoms with van der Waals surface area (Å²) in [6.07, 6.45) is 1.01. The van der Waals surface area contributed by atoms with Gasteiger partial charge in [-0.1, -0.05) is 48.5 Å². The molecule has 2 aromatic carbocycles. The van der Waals surface area contributed by atoms with E-state index in [1.807, 2.05) is 48.5 Å². The van der Waals surface area contributed by atoms with Gasteiger partial charge in [0.25, 0.3) is 0 Å². The second-order valence-corrected chi connectivity index (χ2v) is 8.90. The lowest BCUT2D eigenvalue weighted by Gasteiger charge is -2.24. The Kier molecular flexibility index (Phi) is 7.47. The zero-order valence-corrected chi connectivity index (χ0v) is 19.2. The molecule has 1 fully saturated rings. The first kappa shape index (κ1) is 23.8. The first-order valence-electron chi connectivity index (χ1n) is 11.6. The molecule has 0 spiro atoms. The van der Waals surface area contributed by atoms with Crippen LogP contribution < -0.4 is 5.32 Å². The van der Waals surface area contributed by atoms with Gasteiger partial charge in [-0.25, -0.2) is 4.79 Å². The minimum absolute atomic E-state index is 0.0820. The third-order valence-electron chi connectivity index (χ3n) is 6.31. The van der Waals surface area contributed by atoms with Crippen molar-refractivity contribution >= 4 is 18.0 Å². The van der Waals surface area contributed by atoms with Gasteiger partial charge in [-0.05, 0) is 41.0 Å². The van der Waals surface area contributed by atoms with Crippen LogP contribution in [-0.2, 0) is 19.1 Å². The van der Waals surface area contributed by atoms with Crippen LogP contribution in [0.4, 0.5) is 4.79 Å². The molecule has 2 aliphatic rings. The van der Waals surface area contributed by atoms with E-state index in [0.29, 0.717) is 25.7 Å². The molecule has 1 saturated carbocycles. The van der Waals surface area contributed by atoms with E-state index in [2.05, 4.69) is 5.32 Å². The number of carboxylic acids is 1. The maximum absolute atomic E-state index is 12.8. The third kappa shape index (κ3) is 5.75. The Morgan fingerprint density at radius 2 is 1.65 bits per heavy atom. The van der Waals surface area contributed by atoms with Crippen LogP contribution in [0.15, 0.2) is 48.5 Å². The largest absolute Gasteiger partial charge is 0.481 e. The second kappa shape index (κ2) is 10.7. The van der Waals surface area contributed by atoms with Crippen molar-refractivity contribution in [3.8, 4) is 11.1 Å². The van der Waals surface area contributed by atoms with E-state index in [0.717, 1.165) is 22.3 Å². The number of hydrogen-bond acceptors (Lipinski definition) is 5. The molecule has 2 aliphatic carbocycles. The Morgan fingerprint density at radius 3 is 2.24 bits per heavy atom. The van der Waals surface area contributed by atoms with E-state index in [1.54, 1.807) is 7.05 Å². The molecule has 0 saturated heterocycles. The number of nitrogens with one attached hydrogen (secondary N) is 1. The van der Waals surface area contributed by atoms with Crippen molar-refractivity contribution in [2.75, 3.05) is 33.4 Å². The SMILES string of the molecule is CN(CCOCC1CC1)C(=O)C(CC(=O)O)NC(=O)OCC1c2ccccc2-c2ccccc21. The molecule has 0 aliphatic heterocycles. The lowest BCUT2D eigenvalue weighted by molar-refractivity contribution is -0.142. The zero-order valence-electron chi connectivity index (χ0n) is 19.2. The predicted molar refractivity (Wildman–Crippen MR) is 125 cm³/mol. The Morgan fingerprint density at radius 1 is 1.03 bits per heavy atom. The first-order chi connectivity index (χ1) is 16.4. The van der Waals surface area contributed by atoms with Crippen LogP contribution in [0.5, 0.6) is 0 Å². The second-order valence-electron chi connectivity index (χ2n) is 8.90. The summed E-state index contributed by atoms with van der Waals surface area (Å²) in [5.74, 6) is -1.18. The molecule has 4 rings (SSSR count). The number of ether oxygens (including phenoxy) is 2. The van der Waals surface area contributed by atoms with Crippen LogP contribution in [0, 0.1) is 5.92 Å². The zero-order chi connectivity index (χ0) is 24.1. The van der Waals surface area contributed by atoms with Gasteiger partial charge in [0.05, 0.1) is 13.0 Å². The number of nitrogens with zero attached hydrogens (tertiary/aromatic N) is 1. The molecule has 1 atom stereocenters. The quantitative estimate of drug-likeness (QED) is 0.493. The van der Waals surface area contributed by atoms with E-state index >= 15 is 0 Å². The smallest absolute Gasteiger partial charge is 0.407 e. The van der Waals surface area contributed by atoms with Crippen LogP contribution in [0.1, 0.15) is 36.3 Å². The highest BCUT2D eigenvalue weighted by molar-refractivity contribution is 5.89. The standard InChI is InChI=1S/C26H30N2O6/c1-28(12-13-33-15-17-10-11-17)25(31)23(14-24(29)30)27-26(32)34-16-22-20-8-4-2-6-18(20)19-7-3-5-9-21(19)22/h2-9,17,22-23H,10-16H2,1H3,(H,27,32)(H,29,30). The molecule has 2 N–H and O–H groups in total. The van der Waals surface area contributed by atoms with Crippen LogP contribution in [-0.4, -0.2) is 67.4 Å². The van der Waals surface area contributed by atoms with Crippen LogP contribution in [0.2, 0.25) is 0 Å². The van der Waals surface area contributed by atoms with E-state index in [9.17, 15) is 19.5 Å². The van der Waals surface area contributed by atoms with Gasteiger partial charge in [-0.3, -0.25) is 9.59 Å². The number of carbonyl (C=O) groups is 3. The van der Waals surface area contributed by atoms with Crippen molar-refractivity contribution in [3.05, 3.63) is 59.7 Å². The number of benzene rings is 2. The van der Waals surface area contributed by atoms with Gasteiger partial charge >= 0.3 is 12.1 Å². The molecule has 2 amide bonds. The summed E-state index contributed by atoms with van der Waals surface area (Å²) in [5, 5.41) is 11.7. The van der Waals surface area contributed by atoms with Crippen LogP contribution in [0.3, 0.4) is 0 Å². The highest BCUT2D eigenvalue weighted by Gasteiger charge is 2.31. The summed E-state index contributed by atoms with van der Waals surface area (Å²) in [6, 6.07) is 14.7. The fourth-order valence-corrected chi connectivity index (χ4v) is 4.27. The number of hydrogen-bond donors (Lipinski definition) is 2. The van der Waals surface area contributed by atoms with Crippen molar-refractivity contribution in [2.24, 2.45) is 5.92 Å². The van der Waals surface area contributed by atoms with Gasteiger partial charge in [-0.2, -0.15) is 0 Å². The molecule has 34 heavy (non-hydrogen) atoms. The maximum Gasteiger partial charge on any atom is 0.407 e. The molecule has 0 radical (unpaired) electrons. The number of fused-ring (bicyclic) bond motifs is 3. The highest BCUT2D eigenvalue weighted by Crippen LogP contribution is 2.44. The van der Waals surface area contributed by atoms with Gasteiger partial charge in [0, 0.05) is 26.1 Å². The van der Waals surface area contributed by atoms with Gasteiger partial charge < -0.3 is 24.8 Å². The average Bonchev–Trinajstić information content (AvgIpc) is 3.60. The number of rotatable bonds is 11. The molecule has 180 valence electrons. The third-order valence-corrected chi connectivity index (χ3v) is 6.31. The Bertz CT molecular complexity index is 1010. The lowest BCUT2D eigenvalue weighted by atomic mass is 9.98. The topological polar surface area (TPSA) is 105 Å². The van der Waals surface area contributed by atoms with Crippen molar-refractivity contribution in [3.63, 3.8) is 0 Å². The molecular formula is C26H30N2O6. The number of alkyl carbamates (subject to hydrolysis) is 1.